The molecule has 7 heteroatoms. The third-order valence-corrected chi connectivity index (χ3v) is 5.69. The number of benzene rings is 2. The number of anilines is 2. The molecule has 1 atom stereocenters. The van der Waals surface area contributed by atoms with E-state index >= 15 is 0 Å². The van der Waals surface area contributed by atoms with Crippen molar-refractivity contribution in [1.29, 1.82) is 0 Å². The highest BCUT2D eigenvalue weighted by molar-refractivity contribution is 7.99. The summed E-state index contributed by atoms with van der Waals surface area (Å²) in [7, 11) is 0. The van der Waals surface area contributed by atoms with Gasteiger partial charge in [0.15, 0.2) is 5.16 Å². The van der Waals surface area contributed by atoms with Gasteiger partial charge in [-0.2, -0.15) is 0 Å². The van der Waals surface area contributed by atoms with E-state index in [1.54, 1.807) is 4.90 Å². The number of nitrogens with one attached hydrogen (secondary N) is 1. The Hall–Kier alpha value is -3.19. The number of nitrogens with zero attached hydrogens (tertiary/aromatic N) is 3. The van der Waals surface area contributed by atoms with Crippen LogP contribution in [0.4, 0.5) is 11.4 Å². The van der Waals surface area contributed by atoms with Crippen molar-refractivity contribution in [2.75, 3.05) is 16.0 Å². The number of fused-ring (bicyclic) bond motifs is 1. The fourth-order valence-electron chi connectivity index (χ4n) is 3.53. The molecule has 0 bridgehead atoms. The van der Waals surface area contributed by atoms with Crippen molar-refractivity contribution in [3.05, 3.63) is 66.4 Å². The van der Waals surface area contributed by atoms with Gasteiger partial charge in [-0.3, -0.25) is 9.59 Å². The fraction of sp³-hybridized carbons (Fsp3) is 0.217. The average molecular weight is 419 g/mol. The van der Waals surface area contributed by atoms with Crippen LogP contribution in [0.25, 0.3) is 11.3 Å². The van der Waals surface area contributed by atoms with Crippen LogP contribution < -0.4 is 10.2 Å². The molecule has 2 aromatic carbocycles. The lowest BCUT2D eigenvalue weighted by atomic mass is 10.1. The van der Waals surface area contributed by atoms with E-state index in [1.165, 1.54) is 11.8 Å². The molecule has 1 aliphatic rings. The van der Waals surface area contributed by atoms with Gasteiger partial charge in [-0.15, -0.1) is 0 Å². The van der Waals surface area contributed by atoms with Crippen LogP contribution >= 0.6 is 11.8 Å². The quantitative estimate of drug-likeness (QED) is 0.505. The highest BCUT2D eigenvalue weighted by atomic mass is 32.2. The summed E-state index contributed by atoms with van der Waals surface area (Å²) < 4.78 is 0. The predicted molar refractivity (Wildman–Crippen MR) is 120 cm³/mol. The van der Waals surface area contributed by atoms with Crippen molar-refractivity contribution in [3.8, 4) is 11.3 Å². The van der Waals surface area contributed by atoms with Crippen LogP contribution in [-0.2, 0) is 9.59 Å². The van der Waals surface area contributed by atoms with Crippen LogP contribution in [0.3, 0.4) is 0 Å². The van der Waals surface area contributed by atoms with Crippen LogP contribution in [0.5, 0.6) is 0 Å². The SMILES string of the molecule is Cc1cc(-c2ccccc2)nc(SCC(=O)N2c3ccccc3NC(=O)C[C@@H]2C)n1. The van der Waals surface area contributed by atoms with E-state index in [2.05, 4.69) is 15.3 Å². The van der Waals surface area contributed by atoms with Gasteiger partial charge in [-0.25, -0.2) is 9.97 Å². The number of aromatic nitrogens is 2. The van der Waals surface area contributed by atoms with E-state index in [4.69, 9.17) is 0 Å². The molecule has 1 aromatic heterocycles. The Morgan fingerprint density at radius 3 is 2.67 bits per heavy atom. The molecule has 2 amide bonds. The highest BCUT2D eigenvalue weighted by Gasteiger charge is 2.29. The Balaban J connectivity index is 1.55. The van der Waals surface area contributed by atoms with Gasteiger partial charge in [-0.05, 0) is 32.0 Å². The minimum atomic E-state index is -0.236. The first-order valence-corrected chi connectivity index (χ1v) is 10.7. The molecule has 1 N–H and O–H groups in total. The summed E-state index contributed by atoms with van der Waals surface area (Å²) in [6.07, 6.45) is 0.254. The smallest absolute Gasteiger partial charge is 0.237 e. The molecule has 0 spiro atoms. The largest absolute Gasteiger partial charge is 0.324 e. The Kier molecular flexibility index (Phi) is 5.81. The maximum Gasteiger partial charge on any atom is 0.237 e. The van der Waals surface area contributed by atoms with E-state index in [0.29, 0.717) is 10.8 Å². The molecule has 0 radical (unpaired) electrons. The summed E-state index contributed by atoms with van der Waals surface area (Å²) in [5.74, 6) is 0.0140. The Morgan fingerprint density at radius 1 is 1.13 bits per heavy atom. The van der Waals surface area contributed by atoms with Crippen LogP contribution in [0, 0.1) is 6.92 Å². The van der Waals surface area contributed by atoms with Crippen molar-refractivity contribution < 1.29 is 9.59 Å². The molecule has 2 heterocycles. The minimum absolute atomic E-state index is 0.0807. The third kappa shape index (κ3) is 4.36. The van der Waals surface area contributed by atoms with Gasteiger partial charge in [0.1, 0.15) is 0 Å². The van der Waals surface area contributed by atoms with E-state index in [9.17, 15) is 9.59 Å². The number of hydrogen-bond acceptors (Lipinski definition) is 5. The number of rotatable bonds is 4. The molecule has 6 nitrogen and oxygen atoms in total. The van der Waals surface area contributed by atoms with Gasteiger partial charge in [0.2, 0.25) is 11.8 Å². The number of para-hydroxylation sites is 2. The average Bonchev–Trinajstić information content (AvgIpc) is 2.86. The number of aryl methyl sites for hydroxylation is 1. The summed E-state index contributed by atoms with van der Waals surface area (Å²) >= 11 is 1.31. The molecule has 0 saturated carbocycles. The highest BCUT2D eigenvalue weighted by Crippen LogP contribution is 2.32. The first kappa shape index (κ1) is 20.1. The Bertz CT molecular complexity index is 1090. The topological polar surface area (TPSA) is 75.2 Å². The molecular weight excluding hydrogens is 396 g/mol. The van der Waals surface area contributed by atoms with Gasteiger partial charge in [-0.1, -0.05) is 54.2 Å². The summed E-state index contributed by atoms with van der Waals surface area (Å²) in [6.45, 7) is 3.81. The van der Waals surface area contributed by atoms with Crippen molar-refractivity contribution in [1.82, 2.24) is 9.97 Å². The maximum atomic E-state index is 13.2. The minimum Gasteiger partial charge on any atom is -0.324 e. The second-order valence-electron chi connectivity index (χ2n) is 7.21. The van der Waals surface area contributed by atoms with Crippen LogP contribution in [0.1, 0.15) is 19.0 Å². The second-order valence-corrected chi connectivity index (χ2v) is 8.16. The zero-order valence-corrected chi connectivity index (χ0v) is 17.6. The molecule has 0 unspecified atom stereocenters. The second kappa shape index (κ2) is 8.67. The van der Waals surface area contributed by atoms with Crippen molar-refractivity contribution in [2.45, 2.75) is 31.5 Å². The summed E-state index contributed by atoms with van der Waals surface area (Å²) in [5, 5.41) is 3.44. The van der Waals surface area contributed by atoms with Gasteiger partial charge in [0.05, 0.1) is 22.8 Å². The molecule has 4 rings (SSSR count). The molecule has 0 fully saturated rings. The summed E-state index contributed by atoms with van der Waals surface area (Å²) in [4.78, 5) is 36.1. The van der Waals surface area contributed by atoms with E-state index in [0.717, 1.165) is 22.6 Å². The zero-order chi connectivity index (χ0) is 21.1. The maximum absolute atomic E-state index is 13.2. The number of amides is 2. The Labute approximate surface area is 179 Å². The fourth-order valence-corrected chi connectivity index (χ4v) is 4.29. The monoisotopic (exact) mass is 418 g/mol. The number of hydrogen-bond donors (Lipinski definition) is 1. The van der Waals surface area contributed by atoms with Crippen molar-refractivity contribution in [3.63, 3.8) is 0 Å². The Morgan fingerprint density at radius 2 is 1.87 bits per heavy atom. The van der Waals surface area contributed by atoms with Gasteiger partial charge < -0.3 is 10.2 Å². The van der Waals surface area contributed by atoms with Crippen molar-refractivity contribution in [2.24, 2.45) is 0 Å². The lowest BCUT2D eigenvalue weighted by molar-refractivity contribution is -0.117. The van der Waals surface area contributed by atoms with E-state index in [1.807, 2.05) is 74.5 Å². The third-order valence-electron chi connectivity index (χ3n) is 4.86. The van der Waals surface area contributed by atoms with Crippen LogP contribution in [0.2, 0.25) is 0 Å². The number of carbonyl (C=O) groups excluding carboxylic acids is 2. The first-order chi connectivity index (χ1) is 14.5. The van der Waals surface area contributed by atoms with Crippen molar-refractivity contribution >= 4 is 35.0 Å². The standard InChI is InChI=1S/C23H22N4O2S/c1-15-12-19(17-8-4-3-5-9-17)26-23(24-15)30-14-22(29)27-16(2)13-21(28)25-18-10-6-7-11-20(18)27/h3-12,16H,13-14H2,1-2H3,(H,25,28)/t16-/m0/s1. The predicted octanol–water partition coefficient (Wildman–Crippen LogP) is 4.31. The number of carbonyl (C=O) groups is 2. The van der Waals surface area contributed by atoms with E-state index < -0.39 is 0 Å². The molecule has 1 aliphatic heterocycles. The van der Waals surface area contributed by atoms with Crippen LogP contribution in [-0.4, -0.2) is 33.6 Å². The molecule has 152 valence electrons. The number of thioether (sulfide) groups is 1. The van der Waals surface area contributed by atoms with Crippen LogP contribution in [0.15, 0.2) is 65.8 Å². The molecule has 0 saturated heterocycles. The van der Waals surface area contributed by atoms with E-state index in [-0.39, 0.29) is 30.0 Å². The summed E-state index contributed by atoms with van der Waals surface area (Å²) in [5.41, 5.74) is 4.07. The molecule has 3 aromatic rings. The molecule has 0 aliphatic carbocycles. The van der Waals surface area contributed by atoms with Gasteiger partial charge in [0, 0.05) is 23.7 Å². The normalized spacial score (nSPS) is 15.9. The molecule has 30 heavy (non-hydrogen) atoms. The summed E-state index contributed by atoms with van der Waals surface area (Å²) in [6, 6.07) is 19.0. The molecular formula is C23H22N4O2S. The van der Waals surface area contributed by atoms with Gasteiger partial charge in [0.25, 0.3) is 0 Å². The van der Waals surface area contributed by atoms with Gasteiger partial charge >= 0.3 is 0 Å². The lowest BCUT2D eigenvalue weighted by Crippen LogP contribution is -2.40. The first-order valence-electron chi connectivity index (χ1n) is 9.76. The zero-order valence-electron chi connectivity index (χ0n) is 16.8. The lowest BCUT2D eigenvalue weighted by Gasteiger charge is -2.27.